The molecule has 0 radical (unpaired) electrons. The van der Waals surface area contributed by atoms with Crippen LogP contribution in [0, 0.1) is 12.8 Å². The smallest absolute Gasteiger partial charge is 0.266 e. The van der Waals surface area contributed by atoms with Crippen LogP contribution in [0.25, 0.3) is 0 Å². The number of carbonyl (C=O) groups excluding carboxylic acids is 2. The summed E-state index contributed by atoms with van der Waals surface area (Å²) in [6.45, 7) is 1.91. The molecule has 2 aliphatic heterocycles. The summed E-state index contributed by atoms with van der Waals surface area (Å²) in [7, 11) is 0. The van der Waals surface area contributed by atoms with Gasteiger partial charge in [0.15, 0.2) is 6.10 Å². The van der Waals surface area contributed by atoms with Crippen molar-refractivity contribution in [1.82, 2.24) is 0 Å². The van der Waals surface area contributed by atoms with Crippen LogP contribution in [0.1, 0.15) is 17.2 Å². The number of amides is 2. The van der Waals surface area contributed by atoms with Gasteiger partial charge in [0.1, 0.15) is 5.92 Å². The van der Waals surface area contributed by atoms with Gasteiger partial charge in [0.2, 0.25) is 5.91 Å². The van der Waals surface area contributed by atoms with Crippen molar-refractivity contribution in [3.63, 3.8) is 0 Å². The fourth-order valence-electron chi connectivity index (χ4n) is 4.31. The zero-order valence-corrected chi connectivity index (χ0v) is 19.1. The Labute approximate surface area is 200 Å². The van der Waals surface area contributed by atoms with E-state index in [1.165, 1.54) is 4.90 Å². The van der Waals surface area contributed by atoms with E-state index >= 15 is 0 Å². The molecule has 3 aromatic rings. The highest BCUT2D eigenvalue weighted by molar-refractivity contribution is 6.35. The van der Waals surface area contributed by atoms with Crippen molar-refractivity contribution < 1.29 is 14.4 Å². The molecule has 0 spiro atoms. The Hall–Kier alpha value is -2.57. The van der Waals surface area contributed by atoms with E-state index in [9.17, 15) is 9.59 Å². The average molecular weight is 488 g/mol. The van der Waals surface area contributed by atoms with Gasteiger partial charge in [-0.2, -0.15) is 0 Å². The van der Waals surface area contributed by atoms with Crippen LogP contribution >= 0.6 is 34.8 Å². The highest BCUT2D eigenvalue weighted by atomic mass is 35.5. The van der Waals surface area contributed by atoms with Crippen LogP contribution in [-0.2, 0) is 14.4 Å². The molecule has 32 heavy (non-hydrogen) atoms. The summed E-state index contributed by atoms with van der Waals surface area (Å²) >= 11 is 18.7. The average Bonchev–Trinajstić information content (AvgIpc) is 3.25. The summed E-state index contributed by atoms with van der Waals surface area (Å²) < 4.78 is 0. The van der Waals surface area contributed by atoms with E-state index in [0.717, 1.165) is 5.56 Å². The molecule has 0 aliphatic carbocycles. The predicted molar refractivity (Wildman–Crippen MR) is 125 cm³/mol. The van der Waals surface area contributed by atoms with Crippen molar-refractivity contribution in [3.05, 3.63) is 92.9 Å². The topological polar surface area (TPSA) is 49.9 Å². The van der Waals surface area contributed by atoms with E-state index in [0.29, 0.717) is 32.0 Å². The highest BCUT2D eigenvalue weighted by Crippen LogP contribution is 2.49. The summed E-state index contributed by atoms with van der Waals surface area (Å²) in [6, 6.07) is 18.7. The Morgan fingerprint density at radius 3 is 2.22 bits per heavy atom. The van der Waals surface area contributed by atoms with Crippen LogP contribution in [0.4, 0.5) is 11.4 Å². The van der Waals surface area contributed by atoms with Gasteiger partial charge in [0.25, 0.3) is 5.91 Å². The van der Waals surface area contributed by atoms with Crippen LogP contribution < -0.4 is 9.96 Å². The summed E-state index contributed by atoms with van der Waals surface area (Å²) in [4.78, 5) is 34.3. The fourth-order valence-corrected chi connectivity index (χ4v) is 4.95. The van der Waals surface area contributed by atoms with Gasteiger partial charge in [-0.1, -0.05) is 53.0 Å². The lowest BCUT2D eigenvalue weighted by Gasteiger charge is -2.29. The Kier molecular flexibility index (Phi) is 5.38. The number of hydrogen-bond donors (Lipinski definition) is 0. The first-order valence-electron chi connectivity index (χ1n) is 9.96. The van der Waals surface area contributed by atoms with Crippen molar-refractivity contribution in [1.29, 1.82) is 0 Å². The minimum absolute atomic E-state index is 0.335. The number of rotatable bonds is 3. The molecule has 0 bridgehead atoms. The molecule has 3 aromatic carbocycles. The summed E-state index contributed by atoms with van der Waals surface area (Å²) in [5.74, 6) is -1.52. The predicted octanol–water partition coefficient (Wildman–Crippen LogP) is 6.01. The van der Waals surface area contributed by atoms with Crippen molar-refractivity contribution in [2.24, 2.45) is 5.92 Å². The van der Waals surface area contributed by atoms with Crippen molar-refractivity contribution in [3.8, 4) is 0 Å². The zero-order valence-electron chi connectivity index (χ0n) is 16.8. The van der Waals surface area contributed by atoms with Crippen LogP contribution in [0.15, 0.2) is 66.7 Å². The number of hydrogen-bond acceptors (Lipinski definition) is 4. The van der Waals surface area contributed by atoms with Crippen molar-refractivity contribution in [2.75, 3.05) is 9.96 Å². The minimum atomic E-state index is -0.976. The lowest BCUT2D eigenvalue weighted by Crippen LogP contribution is -2.37. The van der Waals surface area contributed by atoms with E-state index in [4.69, 9.17) is 39.6 Å². The lowest BCUT2D eigenvalue weighted by atomic mass is 9.90. The quantitative estimate of drug-likeness (QED) is 0.425. The summed E-state index contributed by atoms with van der Waals surface area (Å²) in [5.41, 5.74) is 2.77. The molecule has 8 heteroatoms. The van der Waals surface area contributed by atoms with Gasteiger partial charge in [-0.15, -0.1) is 0 Å². The molecule has 5 rings (SSSR count). The van der Waals surface area contributed by atoms with Gasteiger partial charge in [0.05, 0.1) is 17.4 Å². The molecular formula is C24H17Cl3N2O3. The summed E-state index contributed by atoms with van der Waals surface area (Å²) in [5, 5.41) is 3.00. The third-order valence-electron chi connectivity index (χ3n) is 5.74. The maximum atomic E-state index is 13.6. The van der Waals surface area contributed by atoms with Gasteiger partial charge in [-0.25, -0.2) is 9.96 Å². The van der Waals surface area contributed by atoms with Gasteiger partial charge < -0.3 is 0 Å². The fraction of sp³-hybridized carbons (Fsp3) is 0.167. The zero-order chi connectivity index (χ0) is 22.6. The summed E-state index contributed by atoms with van der Waals surface area (Å²) in [6.07, 6.45) is -0.976. The molecule has 0 aromatic heterocycles. The third kappa shape index (κ3) is 3.46. The molecular weight excluding hydrogens is 471 g/mol. The highest BCUT2D eigenvalue weighted by Gasteiger charge is 2.60. The molecule has 162 valence electrons. The molecule has 2 amide bonds. The molecule has 2 fully saturated rings. The number of hydroxylamine groups is 1. The van der Waals surface area contributed by atoms with Crippen molar-refractivity contribution >= 4 is 58.0 Å². The van der Waals surface area contributed by atoms with E-state index in [2.05, 4.69) is 0 Å². The maximum Gasteiger partial charge on any atom is 0.266 e. The van der Waals surface area contributed by atoms with E-state index in [1.54, 1.807) is 59.7 Å². The number of nitrogens with zero attached hydrogens (tertiary/aromatic N) is 2. The largest absolute Gasteiger partial charge is 0.273 e. The third-order valence-corrected chi connectivity index (χ3v) is 6.55. The molecule has 5 nitrogen and oxygen atoms in total. The van der Waals surface area contributed by atoms with E-state index in [1.807, 2.05) is 19.1 Å². The molecule has 3 unspecified atom stereocenters. The Morgan fingerprint density at radius 1 is 0.812 bits per heavy atom. The maximum absolute atomic E-state index is 13.6. The number of anilines is 2. The van der Waals surface area contributed by atoms with Crippen LogP contribution in [-0.4, -0.2) is 17.9 Å². The first-order valence-corrected chi connectivity index (χ1v) is 11.1. The van der Waals surface area contributed by atoms with Gasteiger partial charge in [-0.05, 0) is 66.6 Å². The van der Waals surface area contributed by atoms with Gasteiger partial charge in [-0.3, -0.25) is 14.4 Å². The molecule has 3 atom stereocenters. The number of benzene rings is 3. The second kappa shape index (κ2) is 8.09. The Balaban J connectivity index is 1.61. The van der Waals surface area contributed by atoms with Crippen LogP contribution in [0.3, 0.4) is 0 Å². The molecule has 2 saturated heterocycles. The monoisotopic (exact) mass is 486 g/mol. The number of halogens is 3. The van der Waals surface area contributed by atoms with Gasteiger partial charge in [0, 0.05) is 15.1 Å². The molecule has 0 saturated carbocycles. The minimum Gasteiger partial charge on any atom is -0.273 e. The van der Waals surface area contributed by atoms with Crippen LogP contribution in [0.5, 0.6) is 0 Å². The van der Waals surface area contributed by atoms with Gasteiger partial charge >= 0.3 is 0 Å². The Bertz CT molecular complexity index is 1230. The lowest BCUT2D eigenvalue weighted by molar-refractivity contribution is -0.126. The number of fused-ring (bicyclic) bond motifs is 1. The van der Waals surface area contributed by atoms with E-state index < -0.39 is 24.0 Å². The SMILES string of the molecule is Cc1cccc(N2C(=O)C3ON(c4ccc(Cl)cc4)C(c4ccc(Cl)cc4Cl)C3C2=O)c1. The number of imide groups is 1. The Morgan fingerprint density at radius 2 is 1.53 bits per heavy atom. The second-order valence-corrected chi connectivity index (χ2v) is 9.10. The molecule has 2 aliphatic rings. The second-order valence-electron chi connectivity index (χ2n) is 7.82. The normalized spacial score (nSPS) is 22.6. The number of aryl methyl sites for hydroxylation is 1. The van der Waals surface area contributed by atoms with Crippen molar-refractivity contribution in [2.45, 2.75) is 19.1 Å². The first kappa shape index (κ1) is 21.3. The molecule has 2 heterocycles. The molecule has 0 N–H and O–H groups in total. The van der Waals surface area contributed by atoms with E-state index in [-0.39, 0.29) is 5.91 Å². The number of carbonyl (C=O) groups is 2. The standard InChI is InChI=1S/C24H17Cl3N2O3/c1-13-3-2-4-17(11-13)28-23(30)20-21(18-10-7-15(26)12-19(18)27)29(32-22(20)24(28)31)16-8-5-14(25)6-9-16/h2-12,20-22H,1H3. The van der Waals surface area contributed by atoms with Crippen LogP contribution in [0.2, 0.25) is 15.1 Å². The first-order chi connectivity index (χ1) is 15.3.